The van der Waals surface area contributed by atoms with Gasteiger partial charge in [-0.25, -0.2) is 0 Å². The molecule has 9 heteroatoms. The first-order valence-corrected chi connectivity index (χ1v) is 8.34. The summed E-state index contributed by atoms with van der Waals surface area (Å²) in [5.74, 6) is -1.29. The molecular formula is C19H16ClF3N2O3. The number of nitrogens with one attached hydrogen (secondary N) is 1. The molecule has 0 aliphatic rings. The summed E-state index contributed by atoms with van der Waals surface area (Å²) in [4.78, 5) is 25.3. The Bertz CT molecular complexity index is 850. The molecule has 0 heterocycles. The molecule has 2 aromatic carbocycles. The van der Waals surface area contributed by atoms with Gasteiger partial charge in [-0.15, -0.1) is 13.2 Å². The lowest BCUT2D eigenvalue weighted by atomic mass is 10.2. The van der Waals surface area contributed by atoms with Crippen molar-refractivity contribution in [2.45, 2.75) is 6.36 Å². The number of carbonyl (C=O) groups is 2. The van der Waals surface area contributed by atoms with Crippen molar-refractivity contribution in [1.82, 2.24) is 4.90 Å². The zero-order valence-corrected chi connectivity index (χ0v) is 15.4. The first kappa shape index (κ1) is 21.3. The average Bonchev–Trinajstić information content (AvgIpc) is 2.61. The van der Waals surface area contributed by atoms with Crippen molar-refractivity contribution in [2.75, 3.05) is 18.9 Å². The van der Waals surface area contributed by atoms with Crippen LogP contribution >= 0.6 is 11.6 Å². The van der Waals surface area contributed by atoms with Crippen LogP contribution < -0.4 is 10.1 Å². The quantitative estimate of drug-likeness (QED) is 0.718. The van der Waals surface area contributed by atoms with Crippen LogP contribution in [0.4, 0.5) is 18.9 Å². The third-order valence-corrected chi connectivity index (χ3v) is 3.67. The Labute approximate surface area is 164 Å². The highest BCUT2D eigenvalue weighted by atomic mass is 35.5. The summed E-state index contributed by atoms with van der Waals surface area (Å²) in [7, 11) is 1.45. The Balaban J connectivity index is 1.86. The summed E-state index contributed by atoms with van der Waals surface area (Å²) in [5.41, 5.74) is 1.05. The number of benzene rings is 2. The number of likely N-dealkylation sites (N-methyl/N-ethyl adjacent to an activating group) is 1. The van der Waals surface area contributed by atoms with Crippen molar-refractivity contribution in [3.63, 3.8) is 0 Å². The lowest BCUT2D eigenvalue weighted by Crippen LogP contribution is -2.33. The van der Waals surface area contributed by atoms with E-state index in [9.17, 15) is 22.8 Å². The minimum absolute atomic E-state index is 0.232. The van der Waals surface area contributed by atoms with E-state index < -0.39 is 18.0 Å². The fraction of sp³-hybridized carbons (Fsp3) is 0.158. The highest BCUT2D eigenvalue weighted by Gasteiger charge is 2.30. The van der Waals surface area contributed by atoms with Crippen LogP contribution in [-0.4, -0.2) is 36.7 Å². The van der Waals surface area contributed by atoms with E-state index in [2.05, 4.69) is 10.1 Å². The smallest absolute Gasteiger partial charge is 0.406 e. The van der Waals surface area contributed by atoms with Crippen molar-refractivity contribution in [2.24, 2.45) is 0 Å². The predicted octanol–water partition coefficient (Wildman–Crippen LogP) is 4.35. The van der Waals surface area contributed by atoms with Crippen LogP contribution in [0.15, 0.2) is 54.6 Å². The molecule has 2 aromatic rings. The van der Waals surface area contributed by atoms with Gasteiger partial charge in [0.15, 0.2) is 0 Å². The highest BCUT2D eigenvalue weighted by molar-refractivity contribution is 6.30. The molecule has 148 valence electrons. The number of hydrogen-bond acceptors (Lipinski definition) is 3. The first-order valence-electron chi connectivity index (χ1n) is 7.97. The molecule has 0 bridgehead atoms. The average molecular weight is 413 g/mol. The first-order chi connectivity index (χ1) is 13.1. The minimum Gasteiger partial charge on any atom is -0.406 e. The molecule has 0 aliphatic carbocycles. The predicted molar refractivity (Wildman–Crippen MR) is 99.9 cm³/mol. The maximum atomic E-state index is 12.1. The lowest BCUT2D eigenvalue weighted by molar-refractivity contribution is -0.274. The van der Waals surface area contributed by atoms with E-state index in [1.165, 1.54) is 30.2 Å². The maximum absolute atomic E-state index is 12.1. The highest BCUT2D eigenvalue weighted by Crippen LogP contribution is 2.23. The molecule has 2 amide bonds. The van der Waals surface area contributed by atoms with Crippen molar-refractivity contribution < 1.29 is 27.5 Å². The Morgan fingerprint density at radius 1 is 1.11 bits per heavy atom. The van der Waals surface area contributed by atoms with Gasteiger partial charge in [0.2, 0.25) is 11.8 Å². The van der Waals surface area contributed by atoms with Crippen LogP contribution in [0.3, 0.4) is 0 Å². The molecule has 0 radical (unpaired) electrons. The summed E-state index contributed by atoms with van der Waals surface area (Å²) in [6.45, 7) is -0.232. The van der Waals surface area contributed by atoms with Gasteiger partial charge in [-0.3, -0.25) is 9.59 Å². The molecule has 0 aliphatic heterocycles. The second-order valence-corrected chi connectivity index (χ2v) is 6.14. The molecule has 0 aromatic heterocycles. The molecule has 0 saturated carbocycles. The van der Waals surface area contributed by atoms with Gasteiger partial charge >= 0.3 is 6.36 Å². The monoisotopic (exact) mass is 412 g/mol. The fourth-order valence-corrected chi connectivity index (χ4v) is 2.23. The van der Waals surface area contributed by atoms with Crippen molar-refractivity contribution in [3.8, 4) is 5.75 Å². The minimum atomic E-state index is -4.78. The third kappa shape index (κ3) is 7.32. The van der Waals surface area contributed by atoms with E-state index >= 15 is 0 Å². The number of alkyl halides is 3. The number of rotatable bonds is 6. The standard InChI is InChI=1S/C19H16ClF3N2O3/c1-25(18(27)11-4-13-2-5-14(20)6-3-13)12-17(26)24-15-7-9-16(10-8-15)28-19(21,22)23/h2-11H,12H2,1H3,(H,24,26)/b11-4+. The normalized spacial score (nSPS) is 11.3. The van der Waals surface area contributed by atoms with E-state index in [4.69, 9.17) is 11.6 Å². The van der Waals surface area contributed by atoms with Gasteiger partial charge in [-0.2, -0.15) is 0 Å². The summed E-state index contributed by atoms with van der Waals surface area (Å²) in [6.07, 6.45) is -1.88. The third-order valence-electron chi connectivity index (χ3n) is 3.42. The van der Waals surface area contributed by atoms with Gasteiger partial charge in [0, 0.05) is 23.8 Å². The second-order valence-electron chi connectivity index (χ2n) is 5.70. The second kappa shape index (κ2) is 9.27. The number of anilines is 1. The van der Waals surface area contributed by atoms with Crippen LogP contribution in [0, 0.1) is 0 Å². The molecule has 0 spiro atoms. The maximum Gasteiger partial charge on any atom is 0.573 e. The van der Waals surface area contributed by atoms with Crippen molar-refractivity contribution >= 4 is 35.2 Å². The number of ether oxygens (including phenoxy) is 1. The molecule has 28 heavy (non-hydrogen) atoms. The lowest BCUT2D eigenvalue weighted by Gasteiger charge is -2.15. The van der Waals surface area contributed by atoms with Gasteiger partial charge in [-0.05, 0) is 48.0 Å². The Kier molecular flexibility index (Phi) is 7.06. The molecule has 0 atom stereocenters. The van der Waals surface area contributed by atoms with Gasteiger partial charge < -0.3 is 15.0 Å². The van der Waals surface area contributed by atoms with Crippen molar-refractivity contribution in [3.05, 3.63) is 65.2 Å². The zero-order valence-electron chi connectivity index (χ0n) is 14.7. The molecule has 1 N–H and O–H groups in total. The molecule has 0 saturated heterocycles. The van der Waals surface area contributed by atoms with E-state index in [0.717, 1.165) is 17.7 Å². The van der Waals surface area contributed by atoms with E-state index in [1.807, 2.05) is 0 Å². The molecule has 0 unspecified atom stereocenters. The van der Waals surface area contributed by atoms with Crippen LogP contribution in [0.5, 0.6) is 5.75 Å². The summed E-state index contributed by atoms with van der Waals surface area (Å²) in [6, 6.07) is 11.5. The largest absolute Gasteiger partial charge is 0.573 e. The molecular weight excluding hydrogens is 397 g/mol. The zero-order chi connectivity index (χ0) is 20.7. The van der Waals surface area contributed by atoms with Gasteiger partial charge in [0.1, 0.15) is 5.75 Å². The molecule has 5 nitrogen and oxygen atoms in total. The van der Waals surface area contributed by atoms with E-state index in [0.29, 0.717) is 5.02 Å². The van der Waals surface area contributed by atoms with Crippen LogP contribution in [0.1, 0.15) is 5.56 Å². The van der Waals surface area contributed by atoms with Gasteiger partial charge in [-0.1, -0.05) is 23.7 Å². The SMILES string of the molecule is CN(CC(=O)Nc1ccc(OC(F)(F)F)cc1)C(=O)/C=C/c1ccc(Cl)cc1. The number of nitrogens with zero attached hydrogens (tertiary/aromatic N) is 1. The summed E-state index contributed by atoms with van der Waals surface area (Å²) >= 11 is 5.78. The van der Waals surface area contributed by atoms with Crippen LogP contribution in [0.25, 0.3) is 6.08 Å². The van der Waals surface area contributed by atoms with Gasteiger partial charge in [0.25, 0.3) is 0 Å². The van der Waals surface area contributed by atoms with Crippen LogP contribution in [-0.2, 0) is 9.59 Å². The molecule has 2 rings (SSSR count). The number of halogens is 4. The topological polar surface area (TPSA) is 58.6 Å². The Morgan fingerprint density at radius 2 is 1.71 bits per heavy atom. The summed E-state index contributed by atoms with van der Waals surface area (Å²) < 4.78 is 40.1. The Morgan fingerprint density at radius 3 is 2.29 bits per heavy atom. The van der Waals surface area contributed by atoms with Crippen LogP contribution in [0.2, 0.25) is 5.02 Å². The Hall–Kier alpha value is -3.00. The molecule has 0 fully saturated rings. The van der Waals surface area contributed by atoms with E-state index in [1.54, 1.807) is 30.3 Å². The van der Waals surface area contributed by atoms with E-state index in [-0.39, 0.29) is 18.1 Å². The number of amides is 2. The number of hydrogen-bond donors (Lipinski definition) is 1. The van der Waals surface area contributed by atoms with Crippen molar-refractivity contribution in [1.29, 1.82) is 0 Å². The number of carbonyl (C=O) groups excluding carboxylic acids is 2. The summed E-state index contributed by atoms with van der Waals surface area (Å²) in [5, 5.41) is 3.07. The fourth-order valence-electron chi connectivity index (χ4n) is 2.10. The van der Waals surface area contributed by atoms with Gasteiger partial charge in [0.05, 0.1) is 6.54 Å².